The number of allylic oxidation sites excluding steroid dienone is 3. The van der Waals surface area contributed by atoms with E-state index in [1.54, 1.807) is 6.08 Å². The Bertz CT molecular complexity index is 431. The summed E-state index contributed by atoms with van der Waals surface area (Å²) < 4.78 is 29.5. The fraction of sp³-hybridized carbons (Fsp3) is 0.600. The first-order valence-electron chi connectivity index (χ1n) is 5.55. The zero-order chi connectivity index (χ0) is 15.1. The van der Waals surface area contributed by atoms with Crippen LogP contribution in [0.3, 0.4) is 0 Å². The highest BCUT2D eigenvalue weighted by molar-refractivity contribution is 7.60. The van der Waals surface area contributed by atoms with Gasteiger partial charge in [0, 0.05) is 0 Å². The topological polar surface area (TPSA) is 113 Å². The quantitative estimate of drug-likeness (QED) is 0.466. The lowest BCUT2D eigenvalue weighted by molar-refractivity contribution is 0.191. The van der Waals surface area contributed by atoms with Crippen LogP contribution in [0.1, 0.15) is 33.6 Å². The van der Waals surface area contributed by atoms with E-state index in [9.17, 15) is 9.13 Å². The van der Waals surface area contributed by atoms with Crippen LogP contribution in [0.15, 0.2) is 23.3 Å². The minimum Gasteiger partial charge on any atom is -0.302 e. The molecule has 9 heteroatoms. The molecule has 0 aliphatic rings. The Labute approximate surface area is 112 Å². The summed E-state index contributed by atoms with van der Waals surface area (Å²) in [5.74, 6) is 0. The molecule has 0 aromatic rings. The minimum absolute atomic E-state index is 0.256. The van der Waals surface area contributed by atoms with Crippen LogP contribution in [0.2, 0.25) is 0 Å². The molecule has 0 aliphatic carbocycles. The fourth-order valence-electron chi connectivity index (χ4n) is 1.12. The van der Waals surface area contributed by atoms with Gasteiger partial charge in [-0.25, -0.2) is 9.13 Å². The van der Waals surface area contributed by atoms with Crippen molar-refractivity contribution in [2.75, 3.05) is 6.61 Å². The van der Waals surface area contributed by atoms with Crippen molar-refractivity contribution in [3.63, 3.8) is 0 Å². The van der Waals surface area contributed by atoms with Crippen LogP contribution in [-0.4, -0.2) is 21.3 Å². The molecule has 0 aromatic carbocycles. The zero-order valence-electron chi connectivity index (χ0n) is 11.1. The van der Waals surface area contributed by atoms with Gasteiger partial charge in [0.05, 0.1) is 6.61 Å². The molecule has 0 aromatic heterocycles. The first-order chi connectivity index (χ1) is 8.52. The lowest BCUT2D eigenvalue weighted by Gasteiger charge is -2.11. The molecule has 0 fully saturated rings. The van der Waals surface area contributed by atoms with Gasteiger partial charge >= 0.3 is 15.6 Å². The van der Waals surface area contributed by atoms with Crippen LogP contribution < -0.4 is 0 Å². The van der Waals surface area contributed by atoms with E-state index in [2.05, 4.69) is 14.9 Å². The lowest BCUT2D eigenvalue weighted by atomic mass is 10.1. The van der Waals surface area contributed by atoms with E-state index < -0.39 is 15.6 Å². The Morgan fingerprint density at radius 3 is 2.16 bits per heavy atom. The first kappa shape index (κ1) is 18.7. The van der Waals surface area contributed by atoms with Gasteiger partial charge in [-0.15, -0.1) is 0 Å². The van der Waals surface area contributed by atoms with Crippen molar-refractivity contribution in [1.29, 1.82) is 0 Å². The van der Waals surface area contributed by atoms with E-state index >= 15 is 0 Å². The summed E-state index contributed by atoms with van der Waals surface area (Å²) in [5, 5.41) is 0. The Morgan fingerprint density at radius 1 is 1.11 bits per heavy atom. The molecule has 0 rings (SSSR count). The second kappa shape index (κ2) is 8.12. The van der Waals surface area contributed by atoms with E-state index in [-0.39, 0.29) is 6.61 Å². The minimum atomic E-state index is -5.05. The molecular formula is C10H20O7P2. The van der Waals surface area contributed by atoms with E-state index in [1.807, 2.05) is 20.8 Å². The Kier molecular flexibility index (Phi) is 8.01. The monoisotopic (exact) mass is 314 g/mol. The third-order valence-corrected chi connectivity index (χ3v) is 4.12. The summed E-state index contributed by atoms with van der Waals surface area (Å²) in [6.07, 6.45) is 5.24. The fourth-order valence-corrected chi connectivity index (χ4v) is 2.65. The number of rotatable bonds is 8. The van der Waals surface area contributed by atoms with Crippen molar-refractivity contribution in [2.24, 2.45) is 0 Å². The van der Waals surface area contributed by atoms with Gasteiger partial charge in [0.2, 0.25) is 0 Å². The standard InChI is InChI=1S/C10H20O7P2/c1-9(2)5-4-6-10(3)7-8-16-19(14,15)17-18(11,12)13/h5,7H,4,6,8H2,1-3H3,(H,14,15)(H2,11,12,13)/b10-7+. The molecule has 19 heavy (non-hydrogen) atoms. The SMILES string of the molecule is CC(C)=CCC/C(C)=C/COP(=O)(O)OP(=O)(O)O. The predicted octanol–water partition coefficient (Wildman–Crippen LogP) is 2.91. The zero-order valence-corrected chi connectivity index (χ0v) is 12.9. The van der Waals surface area contributed by atoms with E-state index in [0.29, 0.717) is 0 Å². The van der Waals surface area contributed by atoms with Gasteiger partial charge in [-0.3, -0.25) is 4.52 Å². The van der Waals surface area contributed by atoms with Crippen molar-refractivity contribution in [1.82, 2.24) is 0 Å². The van der Waals surface area contributed by atoms with E-state index in [0.717, 1.165) is 18.4 Å². The van der Waals surface area contributed by atoms with Gasteiger partial charge in [0.25, 0.3) is 0 Å². The maximum atomic E-state index is 11.1. The van der Waals surface area contributed by atoms with Crippen molar-refractivity contribution >= 4 is 15.6 Å². The number of phosphoric acid groups is 2. The highest BCUT2D eigenvalue weighted by Gasteiger charge is 2.31. The molecule has 0 saturated heterocycles. The highest BCUT2D eigenvalue weighted by atomic mass is 31.3. The van der Waals surface area contributed by atoms with Crippen LogP contribution in [0.4, 0.5) is 0 Å². The van der Waals surface area contributed by atoms with Crippen LogP contribution >= 0.6 is 15.6 Å². The molecule has 0 spiro atoms. The van der Waals surface area contributed by atoms with Crippen molar-refractivity contribution < 1.29 is 32.6 Å². The molecular weight excluding hydrogens is 294 g/mol. The van der Waals surface area contributed by atoms with Crippen LogP contribution in [0.5, 0.6) is 0 Å². The predicted molar refractivity (Wildman–Crippen MR) is 71.3 cm³/mol. The number of hydrogen-bond donors (Lipinski definition) is 3. The third kappa shape index (κ3) is 12.5. The Balaban J connectivity index is 4.16. The molecule has 0 heterocycles. The molecule has 0 radical (unpaired) electrons. The summed E-state index contributed by atoms with van der Waals surface area (Å²) in [4.78, 5) is 25.8. The maximum Gasteiger partial charge on any atom is 0.481 e. The van der Waals surface area contributed by atoms with Gasteiger partial charge in [-0.1, -0.05) is 23.3 Å². The van der Waals surface area contributed by atoms with Crippen LogP contribution in [-0.2, 0) is 18.0 Å². The maximum absolute atomic E-state index is 11.1. The summed E-state index contributed by atoms with van der Waals surface area (Å²) in [6, 6.07) is 0. The highest BCUT2D eigenvalue weighted by Crippen LogP contribution is 2.57. The largest absolute Gasteiger partial charge is 0.481 e. The van der Waals surface area contributed by atoms with Crippen LogP contribution in [0.25, 0.3) is 0 Å². The van der Waals surface area contributed by atoms with Gasteiger partial charge < -0.3 is 14.7 Å². The van der Waals surface area contributed by atoms with Crippen molar-refractivity contribution in [2.45, 2.75) is 33.6 Å². The van der Waals surface area contributed by atoms with Crippen molar-refractivity contribution in [3.8, 4) is 0 Å². The molecule has 112 valence electrons. The van der Waals surface area contributed by atoms with Gasteiger partial charge in [0.15, 0.2) is 0 Å². The van der Waals surface area contributed by atoms with E-state index in [1.165, 1.54) is 5.57 Å². The number of phosphoric ester groups is 1. The molecule has 3 N–H and O–H groups in total. The summed E-state index contributed by atoms with van der Waals surface area (Å²) in [7, 11) is -9.78. The Morgan fingerprint density at radius 2 is 1.68 bits per heavy atom. The summed E-state index contributed by atoms with van der Waals surface area (Å²) in [5.41, 5.74) is 2.15. The molecule has 0 amide bonds. The molecule has 0 bridgehead atoms. The third-order valence-electron chi connectivity index (χ3n) is 1.97. The van der Waals surface area contributed by atoms with Gasteiger partial charge in [0.1, 0.15) is 0 Å². The lowest BCUT2D eigenvalue weighted by Crippen LogP contribution is -1.94. The van der Waals surface area contributed by atoms with E-state index in [4.69, 9.17) is 14.7 Å². The number of hydrogen-bond acceptors (Lipinski definition) is 4. The molecule has 0 saturated carbocycles. The summed E-state index contributed by atoms with van der Waals surface area (Å²) >= 11 is 0. The van der Waals surface area contributed by atoms with Crippen molar-refractivity contribution in [3.05, 3.63) is 23.3 Å². The normalized spacial score (nSPS) is 16.0. The second-order valence-electron chi connectivity index (χ2n) is 4.21. The molecule has 1 unspecified atom stereocenters. The average molecular weight is 314 g/mol. The smallest absolute Gasteiger partial charge is 0.302 e. The summed E-state index contributed by atoms with van der Waals surface area (Å²) in [6.45, 7) is 5.55. The molecule has 0 aliphatic heterocycles. The van der Waals surface area contributed by atoms with Gasteiger partial charge in [-0.2, -0.15) is 4.31 Å². The Hall–Kier alpha value is -0.260. The van der Waals surface area contributed by atoms with Gasteiger partial charge in [-0.05, 0) is 33.6 Å². The molecule has 1 atom stereocenters. The second-order valence-corrected chi connectivity index (χ2v) is 7.04. The first-order valence-corrected chi connectivity index (χ1v) is 8.57. The average Bonchev–Trinajstić information content (AvgIpc) is 2.12. The molecule has 7 nitrogen and oxygen atoms in total. The van der Waals surface area contributed by atoms with Crippen LogP contribution in [0, 0.1) is 0 Å².